The van der Waals surface area contributed by atoms with E-state index in [-0.39, 0.29) is 12.4 Å². The van der Waals surface area contributed by atoms with Crippen LogP contribution in [-0.2, 0) is 6.54 Å². The molecule has 100 valence electrons. The maximum atomic E-state index is 13.6. The molecule has 1 aliphatic carbocycles. The van der Waals surface area contributed by atoms with Gasteiger partial charge < -0.3 is 15.7 Å². The minimum atomic E-state index is -0.256. The zero-order valence-electron chi connectivity index (χ0n) is 10.6. The molecule has 0 unspecified atom stereocenters. The molecule has 0 radical (unpaired) electrons. The van der Waals surface area contributed by atoms with E-state index in [1.54, 1.807) is 0 Å². The monoisotopic (exact) mass is 252 g/mol. The molecule has 4 heteroatoms. The molecule has 1 saturated carbocycles. The number of nitrogens with zero attached hydrogens (tertiary/aromatic N) is 1. The summed E-state index contributed by atoms with van der Waals surface area (Å²) in [6.45, 7) is 0.978. The van der Waals surface area contributed by atoms with Crippen LogP contribution >= 0.6 is 0 Å². The summed E-state index contributed by atoms with van der Waals surface area (Å²) in [7, 11) is 0. The quantitative estimate of drug-likeness (QED) is 0.843. The Kier molecular flexibility index (Phi) is 4.55. The Labute approximate surface area is 107 Å². The van der Waals surface area contributed by atoms with E-state index in [4.69, 9.17) is 5.73 Å². The normalized spacial score (nSPS) is 16.2. The number of aliphatic hydroxyl groups excluding tert-OH is 1. The Hall–Kier alpha value is -1.13. The summed E-state index contributed by atoms with van der Waals surface area (Å²) in [4.78, 5) is 2.12. The number of aliphatic hydroxyl groups is 1. The molecule has 2 rings (SSSR count). The first-order valence-electron chi connectivity index (χ1n) is 6.61. The highest BCUT2D eigenvalue weighted by atomic mass is 19.1. The largest absolute Gasteiger partial charge is 0.395 e. The first-order chi connectivity index (χ1) is 8.74. The molecule has 0 aliphatic heterocycles. The van der Waals surface area contributed by atoms with E-state index in [1.165, 1.54) is 25.0 Å². The minimum absolute atomic E-state index is 0.0883. The van der Waals surface area contributed by atoms with Crippen LogP contribution in [0.5, 0.6) is 0 Å². The van der Waals surface area contributed by atoms with Crippen molar-refractivity contribution in [1.82, 2.24) is 0 Å². The second-order valence-electron chi connectivity index (χ2n) is 4.88. The minimum Gasteiger partial charge on any atom is -0.395 e. The molecule has 0 saturated heterocycles. The number of benzene rings is 1. The van der Waals surface area contributed by atoms with Gasteiger partial charge in [0.2, 0.25) is 0 Å². The molecule has 0 heterocycles. The van der Waals surface area contributed by atoms with E-state index >= 15 is 0 Å². The molecule has 18 heavy (non-hydrogen) atoms. The van der Waals surface area contributed by atoms with E-state index < -0.39 is 0 Å². The van der Waals surface area contributed by atoms with E-state index in [0.29, 0.717) is 19.1 Å². The lowest BCUT2D eigenvalue weighted by Gasteiger charge is -2.31. The number of halogens is 1. The van der Waals surface area contributed by atoms with Gasteiger partial charge in [0.25, 0.3) is 0 Å². The average Bonchev–Trinajstić information content (AvgIpc) is 2.88. The fourth-order valence-corrected chi connectivity index (χ4v) is 2.76. The lowest BCUT2D eigenvalue weighted by atomic mass is 10.1. The van der Waals surface area contributed by atoms with Gasteiger partial charge >= 0.3 is 0 Å². The maximum Gasteiger partial charge on any atom is 0.125 e. The van der Waals surface area contributed by atoms with Crippen LogP contribution in [0.15, 0.2) is 18.2 Å². The number of rotatable bonds is 5. The Bertz CT molecular complexity index is 391. The van der Waals surface area contributed by atoms with Crippen LogP contribution in [0.4, 0.5) is 10.1 Å². The van der Waals surface area contributed by atoms with Gasteiger partial charge in [0.1, 0.15) is 5.82 Å². The maximum absolute atomic E-state index is 13.6. The van der Waals surface area contributed by atoms with E-state index in [0.717, 1.165) is 24.1 Å². The molecule has 3 nitrogen and oxygen atoms in total. The van der Waals surface area contributed by atoms with Gasteiger partial charge in [0, 0.05) is 24.8 Å². The van der Waals surface area contributed by atoms with Gasteiger partial charge in [-0.15, -0.1) is 0 Å². The van der Waals surface area contributed by atoms with Crippen LogP contribution in [-0.4, -0.2) is 24.3 Å². The van der Waals surface area contributed by atoms with Crippen molar-refractivity contribution in [3.63, 3.8) is 0 Å². The summed E-state index contributed by atoms with van der Waals surface area (Å²) in [6.07, 6.45) is 4.67. The van der Waals surface area contributed by atoms with Crippen molar-refractivity contribution >= 4 is 5.69 Å². The molecule has 0 bridgehead atoms. The molecule has 1 aliphatic rings. The Morgan fingerprint density at radius 1 is 1.28 bits per heavy atom. The van der Waals surface area contributed by atoms with Gasteiger partial charge in [-0.25, -0.2) is 4.39 Å². The van der Waals surface area contributed by atoms with Gasteiger partial charge in [-0.1, -0.05) is 12.8 Å². The van der Waals surface area contributed by atoms with Gasteiger partial charge in [-0.05, 0) is 36.6 Å². The van der Waals surface area contributed by atoms with Crippen molar-refractivity contribution < 1.29 is 9.50 Å². The summed E-state index contributed by atoms with van der Waals surface area (Å²) in [6, 6.07) is 5.35. The van der Waals surface area contributed by atoms with Crippen LogP contribution in [0.1, 0.15) is 31.2 Å². The number of nitrogens with two attached hydrogens (primary N) is 1. The summed E-state index contributed by atoms with van der Waals surface area (Å²) in [5.74, 6) is -0.256. The summed E-state index contributed by atoms with van der Waals surface area (Å²) < 4.78 is 13.6. The van der Waals surface area contributed by atoms with Gasteiger partial charge in [-0.3, -0.25) is 0 Å². The van der Waals surface area contributed by atoms with E-state index in [9.17, 15) is 9.50 Å². The second kappa shape index (κ2) is 6.16. The predicted octanol–water partition coefficient (Wildman–Crippen LogP) is 2.03. The van der Waals surface area contributed by atoms with Gasteiger partial charge in [0.15, 0.2) is 0 Å². The Morgan fingerprint density at radius 3 is 2.61 bits per heavy atom. The van der Waals surface area contributed by atoms with Gasteiger partial charge in [0.05, 0.1) is 6.61 Å². The molecular weight excluding hydrogens is 231 g/mol. The van der Waals surface area contributed by atoms with Gasteiger partial charge in [-0.2, -0.15) is 0 Å². The zero-order chi connectivity index (χ0) is 13.0. The SMILES string of the molecule is NCc1cc(F)cc(N(CCO)C2CCCC2)c1. The van der Waals surface area contributed by atoms with Crippen LogP contribution < -0.4 is 10.6 Å². The lowest BCUT2D eigenvalue weighted by Crippen LogP contribution is -2.35. The first-order valence-corrected chi connectivity index (χ1v) is 6.61. The van der Waals surface area contributed by atoms with Crippen LogP contribution in [0.3, 0.4) is 0 Å². The highest BCUT2D eigenvalue weighted by Crippen LogP contribution is 2.29. The number of hydrogen-bond acceptors (Lipinski definition) is 3. The predicted molar refractivity (Wildman–Crippen MR) is 71.0 cm³/mol. The summed E-state index contributed by atoms with van der Waals surface area (Å²) in [5.41, 5.74) is 7.22. The van der Waals surface area contributed by atoms with Crippen molar-refractivity contribution in [2.75, 3.05) is 18.1 Å². The Balaban J connectivity index is 2.25. The second-order valence-corrected chi connectivity index (χ2v) is 4.88. The van der Waals surface area contributed by atoms with Crippen molar-refractivity contribution in [1.29, 1.82) is 0 Å². The zero-order valence-corrected chi connectivity index (χ0v) is 10.6. The summed E-state index contributed by atoms with van der Waals surface area (Å²) >= 11 is 0. The lowest BCUT2D eigenvalue weighted by molar-refractivity contribution is 0.297. The highest BCUT2D eigenvalue weighted by molar-refractivity contribution is 5.50. The molecule has 0 atom stereocenters. The molecule has 3 N–H and O–H groups in total. The van der Waals surface area contributed by atoms with Crippen LogP contribution in [0.25, 0.3) is 0 Å². The third-order valence-corrected chi connectivity index (χ3v) is 3.62. The van der Waals surface area contributed by atoms with Crippen LogP contribution in [0, 0.1) is 5.82 Å². The third-order valence-electron chi connectivity index (χ3n) is 3.62. The smallest absolute Gasteiger partial charge is 0.125 e. The molecule has 0 spiro atoms. The van der Waals surface area contributed by atoms with Crippen molar-refractivity contribution in [3.05, 3.63) is 29.6 Å². The van der Waals surface area contributed by atoms with Crippen LogP contribution in [0.2, 0.25) is 0 Å². The standard InChI is InChI=1S/C14H21FN2O/c15-12-7-11(10-16)8-14(9-12)17(5-6-18)13-3-1-2-4-13/h7-9,13,18H,1-6,10,16H2. The average molecular weight is 252 g/mol. The summed E-state index contributed by atoms with van der Waals surface area (Å²) in [5, 5.41) is 9.19. The Morgan fingerprint density at radius 2 is 2.00 bits per heavy atom. The van der Waals surface area contributed by atoms with Crippen molar-refractivity contribution in [2.45, 2.75) is 38.3 Å². The van der Waals surface area contributed by atoms with Crippen molar-refractivity contribution in [2.24, 2.45) is 5.73 Å². The molecule has 1 aromatic carbocycles. The molecular formula is C14H21FN2O. The highest BCUT2D eigenvalue weighted by Gasteiger charge is 2.23. The van der Waals surface area contributed by atoms with E-state index in [1.807, 2.05) is 6.07 Å². The number of hydrogen-bond donors (Lipinski definition) is 2. The van der Waals surface area contributed by atoms with Crippen molar-refractivity contribution in [3.8, 4) is 0 Å². The third kappa shape index (κ3) is 3.00. The first kappa shape index (κ1) is 13.3. The fourth-order valence-electron chi connectivity index (χ4n) is 2.76. The van der Waals surface area contributed by atoms with E-state index in [2.05, 4.69) is 4.90 Å². The fraction of sp³-hybridized carbons (Fsp3) is 0.571. The molecule has 1 aromatic rings. The molecule has 0 aromatic heterocycles. The molecule has 0 amide bonds. The molecule has 1 fully saturated rings. The topological polar surface area (TPSA) is 49.5 Å². The number of anilines is 1.